The minimum atomic E-state index is 0.0220. The zero-order chi connectivity index (χ0) is 17.3. The lowest BCUT2D eigenvalue weighted by molar-refractivity contribution is -0.128. The molecule has 4 rings (SSSR count). The van der Waals surface area contributed by atoms with Gasteiger partial charge in [-0.05, 0) is 30.5 Å². The first-order valence-electron chi connectivity index (χ1n) is 8.74. The van der Waals surface area contributed by atoms with Crippen molar-refractivity contribution in [2.75, 3.05) is 19.6 Å². The van der Waals surface area contributed by atoms with E-state index in [4.69, 9.17) is 0 Å². The molecule has 0 radical (unpaired) electrons. The number of piperidine rings is 1. The topological polar surface area (TPSA) is 69.3 Å². The van der Waals surface area contributed by atoms with Crippen LogP contribution in [0.2, 0.25) is 0 Å². The predicted octanol–water partition coefficient (Wildman–Crippen LogP) is 2.06. The number of pyridine rings is 1. The SMILES string of the molecule is O=C1CC2(CCN(C(=O)c3cc[nH]c3)CC2)CN1Cc1cccnc1. The number of nitrogens with zero attached hydrogens (tertiary/aromatic N) is 3. The fourth-order valence-electron chi connectivity index (χ4n) is 4.00. The van der Waals surface area contributed by atoms with Gasteiger partial charge in [0.1, 0.15) is 0 Å². The summed E-state index contributed by atoms with van der Waals surface area (Å²) < 4.78 is 0. The van der Waals surface area contributed by atoms with Gasteiger partial charge in [0, 0.05) is 62.8 Å². The van der Waals surface area contributed by atoms with E-state index in [0.29, 0.717) is 18.5 Å². The van der Waals surface area contributed by atoms with E-state index < -0.39 is 0 Å². The molecule has 1 spiro atoms. The third-order valence-corrected chi connectivity index (χ3v) is 5.46. The molecule has 2 aliphatic rings. The molecule has 6 heteroatoms. The highest BCUT2D eigenvalue weighted by Crippen LogP contribution is 2.41. The van der Waals surface area contributed by atoms with E-state index in [1.807, 2.05) is 28.1 Å². The maximum atomic E-state index is 12.5. The van der Waals surface area contributed by atoms with Crippen molar-refractivity contribution in [2.24, 2.45) is 5.41 Å². The average molecular weight is 338 g/mol. The van der Waals surface area contributed by atoms with Crippen molar-refractivity contribution in [3.63, 3.8) is 0 Å². The Morgan fingerprint density at radius 1 is 1.28 bits per heavy atom. The number of hydrogen-bond donors (Lipinski definition) is 1. The van der Waals surface area contributed by atoms with E-state index in [0.717, 1.165) is 38.0 Å². The van der Waals surface area contributed by atoms with Crippen LogP contribution in [0.5, 0.6) is 0 Å². The summed E-state index contributed by atoms with van der Waals surface area (Å²) in [7, 11) is 0. The Balaban J connectivity index is 1.38. The fourth-order valence-corrected chi connectivity index (χ4v) is 4.00. The number of rotatable bonds is 3. The Hall–Kier alpha value is -2.63. The maximum Gasteiger partial charge on any atom is 0.255 e. The third kappa shape index (κ3) is 3.16. The Labute approximate surface area is 146 Å². The Morgan fingerprint density at radius 2 is 2.12 bits per heavy atom. The quantitative estimate of drug-likeness (QED) is 0.931. The number of H-pyrrole nitrogens is 1. The van der Waals surface area contributed by atoms with Gasteiger partial charge >= 0.3 is 0 Å². The molecule has 0 unspecified atom stereocenters. The van der Waals surface area contributed by atoms with Gasteiger partial charge in [-0.2, -0.15) is 0 Å². The first-order valence-corrected chi connectivity index (χ1v) is 8.74. The minimum Gasteiger partial charge on any atom is -0.367 e. The van der Waals surface area contributed by atoms with Crippen molar-refractivity contribution < 1.29 is 9.59 Å². The molecule has 0 saturated carbocycles. The smallest absolute Gasteiger partial charge is 0.255 e. The number of carbonyl (C=O) groups excluding carboxylic acids is 2. The molecule has 4 heterocycles. The number of nitrogens with one attached hydrogen (secondary N) is 1. The molecule has 2 aliphatic heterocycles. The van der Waals surface area contributed by atoms with Crippen LogP contribution in [0, 0.1) is 5.41 Å². The predicted molar refractivity (Wildman–Crippen MR) is 92.6 cm³/mol. The summed E-state index contributed by atoms with van der Waals surface area (Å²) in [6.07, 6.45) is 9.44. The molecule has 0 aliphatic carbocycles. The van der Waals surface area contributed by atoms with Crippen molar-refractivity contribution >= 4 is 11.8 Å². The summed E-state index contributed by atoms with van der Waals surface area (Å²) in [6.45, 7) is 2.85. The molecule has 25 heavy (non-hydrogen) atoms. The zero-order valence-electron chi connectivity index (χ0n) is 14.1. The third-order valence-electron chi connectivity index (χ3n) is 5.46. The molecule has 130 valence electrons. The minimum absolute atomic E-state index is 0.0220. The van der Waals surface area contributed by atoms with Gasteiger partial charge in [0.2, 0.25) is 5.91 Å². The molecule has 0 aromatic carbocycles. The van der Waals surface area contributed by atoms with Crippen molar-refractivity contribution in [1.82, 2.24) is 19.8 Å². The Morgan fingerprint density at radius 3 is 2.80 bits per heavy atom. The summed E-state index contributed by atoms with van der Waals surface area (Å²) >= 11 is 0. The van der Waals surface area contributed by atoms with E-state index in [1.165, 1.54) is 0 Å². The second kappa shape index (κ2) is 6.35. The van der Waals surface area contributed by atoms with Gasteiger partial charge < -0.3 is 14.8 Å². The lowest BCUT2D eigenvalue weighted by Gasteiger charge is -2.38. The average Bonchev–Trinajstić information content (AvgIpc) is 3.25. The van der Waals surface area contributed by atoms with Gasteiger partial charge in [-0.25, -0.2) is 0 Å². The maximum absolute atomic E-state index is 12.5. The van der Waals surface area contributed by atoms with E-state index >= 15 is 0 Å². The molecule has 2 aromatic heterocycles. The summed E-state index contributed by atoms with van der Waals surface area (Å²) in [5.41, 5.74) is 1.79. The van der Waals surface area contributed by atoms with Gasteiger partial charge in [0.25, 0.3) is 5.91 Å². The number of likely N-dealkylation sites (tertiary alicyclic amines) is 2. The highest BCUT2D eigenvalue weighted by molar-refractivity contribution is 5.94. The van der Waals surface area contributed by atoms with Crippen LogP contribution in [0.4, 0.5) is 0 Å². The summed E-state index contributed by atoms with van der Waals surface area (Å²) in [4.78, 5) is 35.8. The Kier molecular flexibility index (Phi) is 4.03. The van der Waals surface area contributed by atoms with Crippen molar-refractivity contribution in [2.45, 2.75) is 25.8 Å². The van der Waals surface area contributed by atoms with Gasteiger partial charge in [0.15, 0.2) is 0 Å². The van der Waals surface area contributed by atoms with Gasteiger partial charge in [-0.3, -0.25) is 14.6 Å². The van der Waals surface area contributed by atoms with E-state index in [9.17, 15) is 9.59 Å². The van der Waals surface area contributed by atoms with E-state index in [-0.39, 0.29) is 17.2 Å². The molecule has 6 nitrogen and oxygen atoms in total. The van der Waals surface area contributed by atoms with E-state index in [1.54, 1.807) is 24.7 Å². The highest BCUT2D eigenvalue weighted by Gasteiger charge is 2.45. The lowest BCUT2D eigenvalue weighted by atomic mass is 9.77. The molecule has 0 atom stereocenters. The summed E-state index contributed by atoms with van der Waals surface area (Å²) in [5.74, 6) is 0.293. The van der Waals surface area contributed by atoms with Crippen molar-refractivity contribution in [3.8, 4) is 0 Å². The number of carbonyl (C=O) groups is 2. The number of hydrogen-bond acceptors (Lipinski definition) is 3. The van der Waals surface area contributed by atoms with Crippen LogP contribution in [0.1, 0.15) is 35.2 Å². The molecular weight excluding hydrogens is 316 g/mol. The van der Waals surface area contributed by atoms with Crippen LogP contribution in [0.3, 0.4) is 0 Å². The van der Waals surface area contributed by atoms with Gasteiger partial charge in [-0.1, -0.05) is 6.07 Å². The van der Waals surface area contributed by atoms with Crippen molar-refractivity contribution in [3.05, 3.63) is 54.1 Å². The zero-order valence-corrected chi connectivity index (χ0v) is 14.1. The fraction of sp³-hybridized carbons (Fsp3) is 0.421. The van der Waals surface area contributed by atoms with Gasteiger partial charge in [0.05, 0.1) is 5.56 Å². The molecular formula is C19H22N4O2. The van der Waals surface area contributed by atoms with Crippen LogP contribution >= 0.6 is 0 Å². The van der Waals surface area contributed by atoms with Crippen LogP contribution in [-0.2, 0) is 11.3 Å². The van der Waals surface area contributed by atoms with Crippen LogP contribution < -0.4 is 0 Å². The lowest BCUT2D eigenvalue weighted by Crippen LogP contribution is -2.44. The first kappa shape index (κ1) is 15.9. The van der Waals surface area contributed by atoms with Crippen LogP contribution in [0.15, 0.2) is 43.0 Å². The normalized spacial score (nSPS) is 19.6. The number of amides is 2. The van der Waals surface area contributed by atoms with Gasteiger partial charge in [-0.15, -0.1) is 0 Å². The second-order valence-corrected chi connectivity index (χ2v) is 7.18. The number of aromatic amines is 1. The molecule has 2 aromatic rings. The van der Waals surface area contributed by atoms with Crippen LogP contribution in [-0.4, -0.2) is 51.2 Å². The highest BCUT2D eigenvalue weighted by atomic mass is 16.2. The molecule has 1 N–H and O–H groups in total. The van der Waals surface area contributed by atoms with Crippen molar-refractivity contribution in [1.29, 1.82) is 0 Å². The monoisotopic (exact) mass is 338 g/mol. The largest absolute Gasteiger partial charge is 0.367 e. The standard InChI is InChI=1S/C19H22N4O2/c24-17-10-19(14-23(17)13-15-2-1-6-20-11-15)4-8-22(9-5-19)18(25)16-3-7-21-12-16/h1-3,6-7,11-12,21H,4-5,8-10,13-14H2. The van der Waals surface area contributed by atoms with E-state index in [2.05, 4.69) is 9.97 Å². The molecule has 2 amide bonds. The second-order valence-electron chi connectivity index (χ2n) is 7.18. The summed E-state index contributed by atoms with van der Waals surface area (Å²) in [5, 5.41) is 0. The Bertz CT molecular complexity index is 749. The van der Waals surface area contributed by atoms with Crippen LogP contribution in [0.25, 0.3) is 0 Å². The molecule has 0 bridgehead atoms. The molecule has 2 saturated heterocycles. The molecule has 2 fully saturated rings. The number of aromatic nitrogens is 2. The first-order chi connectivity index (χ1) is 12.2. The summed E-state index contributed by atoms with van der Waals surface area (Å²) in [6, 6.07) is 5.71.